The SMILES string of the molecule is C=C(C)NCC1CC(n2cc(-c3cccc(OCc4ccccc4)c3)c3c(N)ncnc32)C1. The molecule has 2 aromatic heterocycles. The van der Waals surface area contributed by atoms with Gasteiger partial charge in [-0.05, 0) is 48.9 Å². The van der Waals surface area contributed by atoms with E-state index >= 15 is 0 Å². The van der Waals surface area contributed by atoms with E-state index in [1.54, 1.807) is 6.33 Å². The van der Waals surface area contributed by atoms with Gasteiger partial charge in [-0.3, -0.25) is 0 Å². The number of nitrogens with zero attached hydrogens (tertiary/aromatic N) is 3. The first-order chi connectivity index (χ1) is 16.1. The number of nitrogen functional groups attached to an aromatic ring is 1. The smallest absolute Gasteiger partial charge is 0.146 e. The number of aromatic nitrogens is 3. The number of fused-ring (bicyclic) bond motifs is 1. The molecule has 3 N–H and O–H groups in total. The fourth-order valence-electron chi connectivity index (χ4n) is 4.51. The van der Waals surface area contributed by atoms with Gasteiger partial charge < -0.3 is 20.4 Å². The number of anilines is 1. The minimum atomic E-state index is 0.407. The molecule has 6 heteroatoms. The number of allylic oxidation sites excluding steroid dienone is 1. The van der Waals surface area contributed by atoms with E-state index in [1.807, 2.05) is 37.3 Å². The highest BCUT2D eigenvalue weighted by molar-refractivity contribution is 6.00. The highest BCUT2D eigenvalue weighted by Crippen LogP contribution is 2.43. The molecule has 0 unspecified atom stereocenters. The van der Waals surface area contributed by atoms with Crippen LogP contribution >= 0.6 is 0 Å². The molecule has 0 atom stereocenters. The van der Waals surface area contributed by atoms with E-state index in [0.29, 0.717) is 24.4 Å². The van der Waals surface area contributed by atoms with Crippen LogP contribution in [-0.2, 0) is 6.61 Å². The van der Waals surface area contributed by atoms with Crippen LogP contribution in [0, 0.1) is 5.92 Å². The topological polar surface area (TPSA) is 78.0 Å². The lowest BCUT2D eigenvalue weighted by Crippen LogP contribution is -2.33. The average molecular weight is 440 g/mol. The Balaban J connectivity index is 1.41. The molecule has 0 amide bonds. The van der Waals surface area contributed by atoms with Crippen LogP contribution in [0.3, 0.4) is 0 Å². The van der Waals surface area contributed by atoms with Crippen LogP contribution in [0.1, 0.15) is 31.4 Å². The zero-order valence-corrected chi connectivity index (χ0v) is 18.9. The molecule has 0 radical (unpaired) electrons. The van der Waals surface area contributed by atoms with Crippen LogP contribution in [0.5, 0.6) is 5.75 Å². The Morgan fingerprint density at radius 2 is 1.97 bits per heavy atom. The third kappa shape index (κ3) is 4.42. The molecular weight excluding hydrogens is 410 g/mol. The molecule has 5 rings (SSSR count). The number of nitrogens with two attached hydrogens (primary N) is 1. The minimum absolute atomic E-state index is 0.407. The van der Waals surface area contributed by atoms with Crippen molar-refractivity contribution < 1.29 is 4.74 Å². The van der Waals surface area contributed by atoms with Crippen LogP contribution in [0.15, 0.2) is 79.4 Å². The summed E-state index contributed by atoms with van der Waals surface area (Å²) in [5.41, 5.74) is 11.5. The molecule has 4 aromatic rings. The van der Waals surface area contributed by atoms with Crippen molar-refractivity contribution in [2.45, 2.75) is 32.4 Å². The van der Waals surface area contributed by atoms with Gasteiger partial charge in [0.1, 0.15) is 30.1 Å². The van der Waals surface area contributed by atoms with Crippen molar-refractivity contribution in [3.05, 3.63) is 85.0 Å². The van der Waals surface area contributed by atoms with Gasteiger partial charge >= 0.3 is 0 Å². The summed E-state index contributed by atoms with van der Waals surface area (Å²) in [6.45, 7) is 7.42. The minimum Gasteiger partial charge on any atom is -0.489 e. The fourth-order valence-corrected chi connectivity index (χ4v) is 4.51. The summed E-state index contributed by atoms with van der Waals surface area (Å²) in [5, 5.41) is 4.27. The molecule has 168 valence electrons. The molecule has 2 aromatic carbocycles. The lowest BCUT2D eigenvalue weighted by atomic mass is 9.80. The van der Waals surface area contributed by atoms with Crippen LogP contribution in [-0.4, -0.2) is 21.1 Å². The van der Waals surface area contributed by atoms with Crippen molar-refractivity contribution >= 4 is 16.9 Å². The highest BCUT2D eigenvalue weighted by Gasteiger charge is 2.32. The number of nitrogens with one attached hydrogen (secondary N) is 1. The Bertz CT molecular complexity index is 1270. The third-order valence-electron chi connectivity index (χ3n) is 6.33. The van der Waals surface area contributed by atoms with Crippen molar-refractivity contribution in [1.29, 1.82) is 0 Å². The fraction of sp³-hybridized carbons (Fsp3) is 0.259. The third-order valence-corrected chi connectivity index (χ3v) is 6.33. The predicted octanol–water partition coefficient (Wildman–Crippen LogP) is 5.33. The molecular formula is C27H29N5O. The summed E-state index contributed by atoms with van der Waals surface area (Å²) in [6.07, 6.45) is 5.94. The average Bonchev–Trinajstić information content (AvgIpc) is 3.18. The Hall–Kier alpha value is -3.80. The van der Waals surface area contributed by atoms with Crippen LogP contribution in [0.4, 0.5) is 5.82 Å². The Morgan fingerprint density at radius 1 is 1.15 bits per heavy atom. The first-order valence-electron chi connectivity index (χ1n) is 11.4. The summed E-state index contributed by atoms with van der Waals surface area (Å²) >= 11 is 0. The van der Waals surface area contributed by atoms with E-state index in [-0.39, 0.29) is 0 Å². The molecule has 0 aliphatic heterocycles. The lowest BCUT2D eigenvalue weighted by Gasteiger charge is -2.37. The lowest BCUT2D eigenvalue weighted by molar-refractivity contribution is 0.200. The molecule has 1 aliphatic rings. The normalized spacial score (nSPS) is 17.5. The van der Waals surface area contributed by atoms with Crippen molar-refractivity contribution in [2.75, 3.05) is 12.3 Å². The summed E-state index contributed by atoms with van der Waals surface area (Å²) in [5.74, 6) is 1.97. The quantitative estimate of drug-likeness (QED) is 0.388. The summed E-state index contributed by atoms with van der Waals surface area (Å²) < 4.78 is 8.34. The van der Waals surface area contributed by atoms with E-state index in [0.717, 1.165) is 58.6 Å². The standard InChI is InChI=1S/C27H29N5O/c1-18(2)29-14-20-11-22(12-20)32-15-24(25-26(28)30-17-31-27(25)32)21-9-6-10-23(13-21)33-16-19-7-4-3-5-8-19/h3-10,13,15,17,20,22,29H,1,11-12,14,16H2,2H3,(H2,28,30,31). The molecule has 0 saturated heterocycles. The van der Waals surface area contributed by atoms with E-state index in [4.69, 9.17) is 10.5 Å². The molecule has 1 fully saturated rings. The Morgan fingerprint density at radius 3 is 2.76 bits per heavy atom. The number of hydrogen-bond donors (Lipinski definition) is 2. The predicted molar refractivity (Wildman–Crippen MR) is 133 cm³/mol. The van der Waals surface area contributed by atoms with Gasteiger partial charge in [-0.2, -0.15) is 0 Å². The molecule has 33 heavy (non-hydrogen) atoms. The zero-order valence-electron chi connectivity index (χ0n) is 18.9. The summed E-state index contributed by atoms with van der Waals surface area (Å²) in [7, 11) is 0. The van der Waals surface area contributed by atoms with Gasteiger partial charge in [0.05, 0.1) is 5.39 Å². The van der Waals surface area contributed by atoms with Crippen molar-refractivity contribution in [3.63, 3.8) is 0 Å². The maximum Gasteiger partial charge on any atom is 0.146 e. The van der Waals surface area contributed by atoms with Crippen LogP contribution in [0.25, 0.3) is 22.2 Å². The molecule has 1 aliphatic carbocycles. The van der Waals surface area contributed by atoms with E-state index < -0.39 is 0 Å². The number of rotatable bonds is 8. The molecule has 0 spiro atoms. The van der Waals surface area contributed by atoms with E-state index in [2.05, 4.69) is 56.9 Å². The summed E-state index contributed by atoms with van der Waals surface area (Å²) in [4.78, 5) is 8.87. The zero-order chi connectivity index (χ0) is 22.8. The molecule has 0 bridgehead atoms. The summed E-state index contributed by atoms with van der Waals surface area (Å²) in [6, 6.07) is 18.7. The second-order valence-electron chi connectivity index (χ2n) is 8.86. The van der Waals surface area contributed by atoms with Gasteiger partial charge in [-0.1, -0.05) is 49.0 Å². The van der Waals surface area contributed by atoms with Crippen molar-refractivity contribution in [3.8, 4) is 16.9 Å². The van der Waals surface area contributed by atoms with E-state index in [1.165, 1.54) is 0 Å². The number of ether oxygens (including phenoxy) is 1. The Kier molecular flexibility index (Phi) is 5.73. The van der Waals surface area contributed by atoms with Crippen LogP contribution < -0.4 is 15.8 Å². The van der Waals surface area contributed by atoms with Gasteiger partial charge in [0, 0.05) is 30.0 Å². The Labute approximate surface area is 194 Å². The van der Waals surface area contributed by atoms with Crippen LogP contribution in [0.2, 0.25) is 0 Å². The maximum absolute atomic E-state index is 6.33. The molecule has 1 saturated carbocycles. The monoisotopic (exact) mass is 439 g/mol. The number of hydrogen-bond acceptors (Lipinski definition) is 5. The van der Waals surface area contributed by atoms with Gasteiger partial charge in [0.25, 0.3) is 0 Å². The van der Waals surface area contributed by atoms with Gasteiger partial charge in [0.15, 0.2) is 0 Å². The maximum atomic E-state index is 6.33. The first-order valence-corrected chi connectivity index (χ1v) is 11.4. The van der Waals surface area contributed by atoms with Crippen molar-refractivity contribution in [1.82, 2.24) is 19.9 Å². The number of benzene rings is 2. The van der Waals surface area contributed by atoms with Gasteiger partial charge in [-0.15, -0.1) is 0 Å². The molecule has 2 heterocycles. The van der Waals surface area contributed by atoms with Crippen molar-refractivity contribution in [2.24, 2.45) is 5.92 Å². The highest BCUT2D eigenvalue weighted by atomic mass is 16.5. The van der Waals surface area contributed by atoms with E-state index in [9.17, 15) is 0 Å². The second-order valence-corrected chi connectivity index (χ2v) is 8.86. The van der Waals surface area contributed by atoms with Gasteiger partial charge in [-0.25, -0.2) is 9.97 Å². The largest absolute Gasteiger partial charge is 0.489 e. The van der Waals surface area contributed by atoms with Gasteiger partial charge in [0.2, 0.25) is 0 Å². The first kappa shape index (κ1) is 21.1. The molecule has 6 nitrogen and oxygen atoms in total. The second kappa shape index (κ2) is 8.98.